The van der Waals surface area contributed by atoms with E-state index in [-0.39, 0.29) is 0 Å². The van der Waals surface area contributed by atoms with Crippen LogP contribution >= 0.6 is 0 Å². The molecule has 3 aromatic heterocycles. The normalized spacial score (nSPS) is 13.8. The van der Waals surface area contributed by atoms with Crippen molar-refractivity contribution in [2.45, 2.75) is 12.8 Å². The topological polar surface area (TPSA) is 80.5 Å². The van der Waals surface area contributed by atoms with Gasteiger partial charge in [-0.25, -0.2) is 4.98 Å². The Morgan fingerprint density at radius 1 is 1.00 bits per heavy atom. The monoisotopic (exact) mass is 315 g/mol. The summed E-state index contributed by atoms with van der Waals surface area (Å²) in [6.07, 6.45) is 15.8. The lowest BCUT2D eigenvalue weighted by Gasteiger charge is -2.05. The van der Waals surface area contributed by atoms with Crippen LogP contribution in [0, 0.1) is 0 Å². The molecule has 1 aliphatic rings. The number of aromatic nitrogens is 4. The van der Waals surface area contributed by atoms with Gasteiger partial charge >= 0.3 is 0 Å². The van der Waals surface area contributed by atoms with Crippen molar-refractivity contribution in [2.24, 2.45) is 0 Å². The summed E-state index contributed by atoms with van der Waals surface area (Å²) < 4.78 is 0. The number of nitrogens with one attached hydrogen (secondary N) is 1. The van der Waals surface area contributed by atoms with Crippen LogP contribution in [0.4, 0.5) is 5.69 Å². The van der Waals surface area contributed by atoms with Gasteiger partial charge in [-0.1, -0.05) is 18.2 Å². The third-order valence-corrected chi connectivity index (χ3v) is 3.98. The molecule has 0 atom stereocenters. The Bertz CT molecular complexity index is 936. The minimum atomic E-state index is 0.641. The van der Waals surface area contributed by atoms with E-state index in [4.69, 9.17) is 5.73 Å². The molecule has 118 valence electrons. The Morgan fingerprint density at radius 3 is 2.79 bits per heavy atom. The smallest absolute Gasteiger partial charge is 0.156 e. The van der Waals surface area contributed by atoms with Gasteiger partial charge in [0.05, 0.1) is 17.6 Å². The molecule has 4 rings (SSSR count). The number of anilines is 1. The highest BCUT2D eigenvalue weighted by Gasteiger charge is 2.09. The first-order valence-corrected chi connectivity index (χ1v) is 7.89. The zero-order valence-corrected chi connectivity index (χ0v) is 13.1. The third kappa shape index (κ3) is 2.84. The molecule has 5 heteroatoms. The summed E-state index contributed by atoms with van der Waals surface area (Å²) in [7, 11) is 0. The van der Waals surface area contributed by atoms with Crippen molar-refractivity contribution in [3.63, 3.8) is 0 Å². The van der Waals surface area contributed by atoms with Crippen LogP contribution in [-0.2, 0) is 0 Å². The number of allylic oxidation sites excluding steroid dienone is 4. The molecule has 0 amide bonds. The zero-order valence-electron chi connectivity index (χ0n) is 13.1. The number of pyridine rings is 2. The molecule has 5 nitrogen and oxygen atoms in total. The van der Waals surface area contributed by atoms with Crippen molar-refractivity contribution < 1.29 is 0 Å². The molecule has 0 aromatic carbocycles. The fourth-order valence-corrected chi connectivity index (χ4v) is 2.77. The van der Waals surface area contributed by atoms with E-state index in [1.807, 2.05) is 24.4 Å². The van der Waals surface area contributed by atoms with E-state index in [1.54, 1.807) is 18.6 Å². The second kappa shape index (κ2) is 6.12. The van der Waals surface area contributed by atoms with Crippen LogP contribution in [0.2, 0.25) is 0 Å². The number of aromatic amines is 1. The number of H-pyrrole nitrogens is 1. The average molecular weight is 315 g/mol. The van der Waals surface area contributed by atoms with Gasteiger partial charge in [0.25, 0.3) is 0 Å². The van der Waals surface area contributed by atoms with Crippen molar-refractivity contribution >= 4 is 11.3 Å². The van der Waals surface area contributed by atoms with Crippen LogP contribution in [0.15, 0.2) is 61.2 Å². The van der Waals surface area contributed by atoms with E-state index in [2.05, 4.69) is 38.2 Å². The van der Waals surface area contributed by atoms with E-state index in [9.17, 15) is 0 Å². The molecular formula is C19H17N5. The van der Waals surface area contributed by atoms with Gasteiger partial charge in [0, 0.05) is 24.2 Å². The van der Waals surface area contributed by atoms with Gasteiger partial charge in [0.2, 0.25) is 0 Å². The molecule has 0 saturated carbocycles. The van der Waals surface area contributed by atoms with Gasteiger partial charge in [0.1, 0.15) is 5.69 Å². The number of nitrogens with zero attached hydrogens (tertiary/aromatic N) is 3. The Kier molecular flexibility index (Phi) is 3.67. The Morgan fingerprint density at radius 2 is 1.96 bits per heavy atom. The van der Waals surface area contributed by atoms with Crippen molar-refractivity contribution in [1.82, 2.24) is 19.9 Å². The summed E-state index contributed by atoms with van der Waals surface area (Å²) in [6.45, 7) is 0. The molecule has 0 aliphatic heterocycles. The van der Waals surface area contributed by atoms with Crippen molar-refractivity contribution in [3.05, 3.63) is 66.9 Å². The standard InChI is InChI=1S/C19H17N5/c20-16-8-15(10-21-11-16)14-6-7-22-17(9-14)19-23-12-18(24-19)13-4-2-1-3-5-13/h2,4-12H,1,3,20H2,(H,23,24). The van der Waals surface area contributed by atoms with Crippen LogP contribution in [0.1, 0.15) is 18.5 Å². The molecule has 0 saturated heterocycles. The average Bonchev–Trinajstić information content (AvgIpc) is 3.13. The first kappa shape index (κ1) is 14.4. The van der Waals surface area contributed by atoms with Crippen LogP contribution in [0.25, 0.3) is 28.2 Å². The second-order valence-electron chi connectivity index (χ2n) is 5.72. The summed E-state index contributed by atoms with van der Waals surface area (Å²) >= 11 is 0. The lowest BCUT2D eigenvalue weighted by molar-refractivity contribution is 1.04. The maximum atomic E-state index is 5.82. The molecular weight excluding hydrogens is 298 g/mol. The number of nitrogens with two attached hydrogens (primary N) is 1. The van der Waals surface area contributed by atoms with E-state index in [0.29, 0.717) is 5.69 Å². The fourth-order valence-electron chi connectivity index (χ4n) is 2.77. The van der Waals surface area contributed by atoms with Crippen molar-refractivity contribution in [2.75, 3.05) is 5.73 Å². The highest BCUT2D eigenvalue weighted by atomic mass is 14.9. The molecule has 3 aromatic rings. The zero-order chi connectivity index (χ0) is 16.4. The largest absolute Gasteiger partial charge is 0.397 e. The lowest BCUT2D eigenvalue weighted by atomic mass is 10.1. The summed E-state index contributed by atoms with van der Waals surface area (Å²) in [5.41, 5.74) is 11.4. The van der Waals surface area contributed by atoms with Gasteiger partial charge < -0.3 is 10.7 Å². The second-order valence-corrected chi connectivity index (χ2v) is 5.72. The Balaban J connectivity index is 1.68. The van der Waals surface area contributed by atoms with Gasteiger partial charge in [-0.05, 0) is 42.2 Å². The number of nitrogen functional groups attached to an aromatic ring is 1. The lowest BCUT2D eigenvalue weighted by Crippen LogP contribution is -1.91. The molecule has 24 heavy (non-hydrogen) atoms. The van der Waals surface area contributed by atoms with Crippen molar-refractivity contribution in [3.8, 4) is 22.6 Å². The van der Waals surface area contributed by atoms with E-state index >= 15 is 0 Å². The molecule has 1 aliphatic carbocycles. The Hall–Kier alpha value is -3.21. The summed E-state index contributed by atoms with van der Waals surface area (Å²) in [6, 6.07) is 5.83. The molecule has 0 radical (unpaired) electrons. The van der Waals surface area contributed by atoms with Gasteiger partial charge in [-0.3, -0.25) is 9.97 Å². The SMILES string of the molecule is Nc1cncc(-c2ccnc(-c3ncc(C4=CCCC=C4)[nH]3)c2)c1. The summed E-state index contributed by atoms with van der Waals surface area (Å²) in [5.74, 6) is 0.753. The molecule has 3 N–H and O–H groups in total. The van der Waals surface area contributed by atoms with Gasteiger partial charge in [0.15, 0.2) is 5.82 Å². The highest BCUT2D eigenvalue weighted by molar-refractivity contribution is 5.74. The number of hydrogen-bond donors (Lipinski definition) is 2. The fraction of sp³-hybridized carbons (Fsp3) is 0.105. The van der Waals surface area contributed by atoms with Crippen LogP contribution < -0.4 is 5.73 Å². The third-order valence-electron chi connectivity index (χ3n) is 3.98. The van der Waals surface area contributed by atoms with Gasteiger partial charge in [-0.2, -0.15) is 0 Å². The van der Waals surface area contributed by atoms with Crippen molar-refractivity contribution in [1.29, 1.82) is 0 Å². The van der Waals surface area contributed by atoms with Crippen LogP contribution in [0.5, 0.6) is 0 Å². The van der Waals surface area contributed by atoms with Crippen LogP contribution in [0.3, 0.4) is 0 Å². The number of hydrogen-bond acceptors (Lipinski definition) is 4. The van der Waals surface area contributed by atoms with Gasteiger partial charge in [-0.15, -0.1) is 0 Å². The summed E-state index contributed by atoms with van der Waals surface area (Å²) in [5, 5.41) is 0. The summed E-state index contributed by atoms with van der Waals surface area (Å²) in [4.78, 5) is 16.4. The molecule has 0 fully saturated rings. The predicted molar refractivity (Wildman–Crippen MR) is 95.8 cm³/mol. The first-order valence-electron chi connectivity index (χ1n) is 7.89. The Labute approximate surface area is 140 Å². The molecule has 0 spiro atoms. The molecule has 3 heterocycles. The highest BCUT2D eigenvalue weighted by Crippen LogP contribution is 2.26. The van der Waals surface area contributed by atoms with Crippen LogP contribution in [-0.4, -0.2) is 19.9 Å². The minimum Gasteiger partial charge on any atom is -0.397 e. The maximum absolute atomic E-state index is 5.82. The predicted octanol–water partition coefficient (Wildman–Crippen LogP) is 3.85. The molecule has 0 unspecified atom stereocenters. The van der Waals surface area contributed by atoms with E-state index in [1.165, 1.54) is 5.57 Å². The van der Waals surface area contributed by atoms with E-state index in [0.717, 1.165) is 41.2 Å². The first-order chi connectivity index (χ1) is 11.8. The van der Waals surface area contributed by atoms with E-state index < -0.39 is 0 Å². The number of imidazole rings is 1. The number of rotatable bonds is 3. The minimum absolute atomic E-state index is 0.641. The quantitative estimate of drug-likeness (QED) is 0.769. The molecule has 0 bridgehead atoms. The maximum Gasteiger partial charge on any atom is 0.156 e.